The van der Waals surface area contributed by atoms with Crippen molar-refractivity contribution < 1.29 is 28.5 Å². The molecule has 0 unspecified atom stereocenters. The molecule has 0 aromatic heterocycles. The van der Waals surface area contributed by atoms with Crippen LogP contribution in [0.5, 0.6) is 17.2 Å². The summed E-state index contributed by atoms with van der Waals surface area (Å²) in [7, 11) is 2.95. The number of carbonyl (C=O) groups is 2. The van der Waals surface area contributed by atoms with E-state index in [1.54, 1.807) is 36.4 Å². The number of ether oxygens (including phenoxy) is 4. The van der Waals surface area contributed by atoms with Crippen LogP contribution in [0.25, 0.3) is 0 Å². The summed E-state index contributed by atoms with van der Waals surface area (Å²) in [4.78, 5) is 25.4. The van der Waals surface area contributed by atoms with Gasteiger partial charge in [0.25, 0.3) is 0 Å². The zero-order valence-corrected chi connectivity index (χ0v) is 18.6. The third-order valence-electron chi connectivity index (χ3n) is 4.93. The minimum Gasteiger partial charge on any atom is -0.493 e. The first-order valence-corrected chi connectivity index (χ1v) is 10.8. The average Bonchev–Trinajstić information content (AvgIpc) is 2.80. The Morgan fingerprint density at radius 3 is 1.84 bits per heavy atom. The maximum atomic E-state index is 12.8. The van der Waals surface area contributed by atoms with E-state index in [9.17, 15) is 9.59 Å². The van der Waals surface area contributed by atoms with Crippen LogP contribution < -0.4 is 14.2 Å². The summed E-state index contributed by atoms with van der Waals surface area (Å²) < 4.78 is 21.4. The molecular weight excluding hydrogens is 396 g/mol. The molecule has 0 saturated heterocycles. The summed E-state index contributed by atoms with van der Waals surface area (Å²) >= 11 is 0. The number of hydrogen-bond acceptors (Lipinski definition) is 6. The number of methoxy groups -OCH3 is 2. The Kier molecular flexibility index (Phi) is 10.4. The number of unbranched alkanes of at least 4 members (excludes halogenated alkanes) is 6. The van der Waals surface area contributed by atoms with Crippen molar-refractivity contribution in [2.24, 2.45) is 0 Å². The molecule has 0 saturated carbocycles. The molecule has 0 amide bonds. The fraction of sp³-hybridized carbons (Fsp3) is 0.440. The predicted octanol–water partition coefficient (Wildman–Crippen LogP) is 5.83. The fourth-order valence-corrected chi connectivity index (χ4v) is 3.21. The lowest BCUT2D eigenvalue weighted by molar-refractivity contribution is 0.0489. The van der Waals surface area contributed by atoms with E-state index in [4.69, 9.17) is 18.9 Å². The number of para-hydroxylation sites is 1. The van der Waals surface area contributed by atoms with Crippen LogP contribution in [0.15, 0.2) is 42.5 Å². The lowest BCUT2D eigenvalue weighted by Crippen LogP contribution is -2.16. The summed E-state index contributed by atoms with van der Waals surface area (Å²) in [5.41, 5.74) is 0.296. The zero-order valence-electron chi connectivity index (χ0n) is 18.6. The van der Waals surface area contributed by atoms with Crippen molar-refractivity contribution in [3.05, 3.63) is 53.6 Å². The van der Waals surface area contributed by atoms with Crippen LogP contribution in [0.1, 0.15) is 72.6 Å². The molecule has 0 radical (unpaired) electrons. The third-order valence-corrected chi connectivity index (χ3v) is 4.93. The zero-order chi connectivity index (χ0) is 22.5. The van der Waals surface area contributed by atoms with Crippen LogP contribution in [0, 0.1) is 0 Å². The van der Waals surface area contributed by atoms with Crippen LogP contribution in [-0.4, -0.2) is 32.8 Å². The molecule has 0 aliphatic carbocycles. The van der Waals surface area contributed by atoms with Gasteiger partial charge in [-0.3, -0.25) is 0 Å². The molecule has 6 nitrogen and oxygen atoms in total. The molecule has 0 heterocycles. The van der Waals surface area contributed by atoms with Crippen molar-refractivity contribution in [3.63, 3.8) is 0 Å². The van der Waals surface area contributed by atoms with Gasteiger partial charge < -0.3 is 18.9 Å². The molecule has 0 aliphatic rings. The topological polar surface area (TPSA) is 71.1 Å². The Hall–Kier alpha value is -3.02. The van der Waals surface area contributed by atoms with Crippen molar-refractivity contribution >= 4 is 11.9 Å². The first-order valence-electron chi connectivity index (χ1n) is 10.8. The predicted molar refractivity (Wildman–Crippen MR) is 119 cm³/mol. The lowest BCUT2D eigenvalue weighted by Gasteiger charge is -2.14. The van der Waals surface area contributed by atoms with Crippen LogP contribution in [0.2, 0.25) is 0 Å². The summed E-state index contributed by atoms with van der Waals surface area (Å²) in [6, 6.07) is 11.5. The molecule has 0 spiro atoms. The second-order valence-corrected chi connectivity index (χ2v) is 7.18. The average molecular weight is 429 g/mol. The Morgan fingerprint density at radius 1 is 0.710 bits per heavy atom. The molecular formula is C25H32O6. The van der Waals surface area contributed by atoms with Gasteiger partial charge in [-0.25, -0.2) is 9.59 Å². The van der Waals surface area contributed by atoms with Gasteiger partial charge in [-0.1, -0.05) is 63.6 Å². The normalized spacial score (nSPS) is 10.4. The highest BCUT2D eigenvalue weighted by Crippen LogP contribution is 2.37. The highest BCUT2D eigenvalue weighted by molar-refractivity contribution is 6.04. The number of hydrogen-bond donors (Lipinski definition) is 0. The van der Waals surface area contributed by atoms with E-state index in [1.807, 2.05) is 0 Å². The van der Waals surface area contributed by atoms with Crippen molar-refractivity contribution in [3.8, 4) is 17.2 Å². The molecule has 0 bridgehead atoms. The van der Waals surface area contributed by atoms with Gasteiger partial charge >= 0.3 is 11.9 Å². The maximum Gasteiger partial charge on any atom is 0.344 e. The van der Waals surface area contributed by atoms with Gasteiger partial charge in [0.1, 0.15) is 0 Å². The molecule has 0 fully saturated rings. The van der Waals surface area contributed by atoms with Gasteiger partial charge in [0.2, 0.25) is 5.75 Å². The van der Waals surface area contributed by atoms with Crippen molar-refractivity contribution in [2.75, 3.05) is 20.8 Å². The van der Waals surface area contributed by atoms with Gasteiger partial charge in [-0.15, -0.1) is 0 Å². The van der Waals surface area contributed by atoms with E-state index in [-0.39, 0.29) is 16.9 Å². The largest absolute Gasteiger partial charge is 0.493 e. The van der Waals surface area contributed by atoms with Crippen LogP contribution in [-0.2, 0) is 4.74 Å². The third kappa shape index (κ3) is 7.31. The second kappa shape index (κ2) is 13.3. The first-order chi connectivity index (χ1) is 15.1. The molecule has 168 valence electrons. The van der Waals surface area contributed by atoms with Crippen molar-refractivity contribution in [1.82, 2.24) is 0 Å². The Bertz CT molecular complexity index is 823. The van der Waals surface area contributed by atoms with Gasteiger partial charge in [0.05, 0.1) is 32.0 Å². The van der Waals surface area contributed by atoms with Gasteiger partial charge in [0.15, 0.2) is 11.5 Å². The molecule has 31 heavy (non-hydrogen) atoms. The molecule has 0 aliphatic heterocycles. The fourth-order valence-electron chi connectivity index (χ4n) is 3.21. The molecule has 2 aromatic carbocycles. The van der Waals surface area contributed by atoms with Crippen molar-refractivity contribution in [1.29, 1.82) is 0 Å². The molecule has 2 rings (SSSR count). The Balaban J connectivity index is 1.99. The van der Waals surface area contributed by atoms with Crippen molar-refractivity contribution in [2.45, 2.75) is 51.9 Å². The maximum absolute atomic E-state index is 12.8. The first kappa shape index (κ1) is 24.3. The van der Waals surface area contributed by atoms with E-state index in [0.717, 1.165) is 19.3 Å². The number of benzene rings is 2. The van der Waals surface area contributed by atoms with Gasteiger partial charge in [-0.2, -0.15) is 0 Å². The highest BCUT2D eigenvalue weighted by atomic mass is 16.6. The number of rotatable bonds is 13. The summed E-state index contributed by atoms with van der Waals surface area (Å²) in [5, 5.41) is 0. The van der Waals surface area contributed by atoms with E-state index < -0.39 is 11.9 Å². The molecule has 0 N–H and O–H groups in total. The van der Waals surface area contributed by atoms with E-state index in [0.29, 0.717) is 18.1 Å². The summed E-state index contributed by atoms with van der Waals surface area (Å²) in [5.74, 6) is -0.362. The minimum absolute atomic E-state index is 0.125. The quantitative estimate of drug-likeness (QED) is 0.227. The van der Waals surface area contributed by atoms with E-state index in [1.165, 1.54) is 46.0 Å². The van der Waals surface area contributed by atoms with E-state index in [2.05, 4.69) is 6.92 Å². The molecule has 0 atom stereocenters. The number of carbonyl (C=O) groups excluding carboxylic acids is 2. The van der Waals surface area contributed by atoms with Crippen LogP contribution in [0.4, 0.5) is 0 Å². The van der Waals surface area contributed by atoms with Crippen LogP contribution >= 0.6 is 0 Å². The lowest BCUT2D eigenvalue weighted by atomic mass is 10.1. The standard InChI is InChI=1S/C25H32O6/c1-4-5-6-7-8-9-12-18-30-24(26)19-14-10-11-15-20(19)25(27)31-23-21(28-2)16-13-17-22(23)29-3/h10-11,13-17H,4-9,12,18H2,1-3H3. The van der Waals surface area contributed by atoms with Gasteiger partial charge in [0, 0.05) is 0 Å². The highest BCUT2D eigenvalue weighted by Gasteiger charge is 2.22. The SMILES string of the molecule is CCCCCCCCCOC(=O)c1ccccc1C(=O)Oc1c(OC)cccc1OC. The summed E-state index contributed by atoms with van der Waals surface area (Å²) in [6.07, 6.45) is 7.93. The minimum atomic E-state index is -0.689. The molecule has 6 heteroatoms. The second-order valence-electron chi connectivity index (χ2n) is 7.18. The monoisotopic (exact) mass is 428 g/mol. The smallest absolute Gasteiger partial charge is 0.344 e. The summed E-state index contributed by atoms with van der Waals surface area (Å²) in [6.45, 7) is 2.52. The van der Waals surface area contributed by atoms with E-state index >= 15 is 0 Å². The number of esters is 2. The van der Waals surface area contributed by atoms with Gasteiger partial charge in [-0.05, 0) is 30.7 Å². The van der Waals surface area contributed by atoms with Crippen LogP contribution in [0.3, 0.4) is 0 Å². The Morgan fingerprint density at radius 2 is 1.26 bits per heavy atom. The molecule has 2 aromatic rings. The Labute approximate surface area is 184 Å².